The van der Waals surface area contributed by atoms with Gasteiger partial charge in [-0.1, -0.05) is 24.3 Å². The van der Waals surface area contributed by atoms with Crippen LogP contribution >= 0.6 is 11.6 Å². The molecule has 1 aromatic carbocycles. The van der Waals surface area contributed by atoms with Crippen LogP contribution in [0.4, 0.5) is 0 Å². The van der Waals surface area contributed by atoms with Gasteiger partial charge in [-0.25, -0.2) is 0 Å². The Bertz CT molecular complexity index is 636. The molecule has 0 saturated carbocycles. The van der Waals surface area contributed by atoms with Crippen molar-refractivity contribution in [1.82, 2.24) is 5.32 Å². The lowest BCUT2D eigenvalue weighted by Gasteiger charge is -2.08. The zero-order valence-electron chi connectivity index (χ0n) is 10.4. The number of carboxylic acids is 1. The summed E-state index contributed by atoms with van der Waals surface area (Å²) in [5.41, 5.74) is 1.42. The quantitative estimate of drug-likeness (QED) is 0.887. The SMILES string of the molecule is O=C(O)Cc1ccccc1CNC(=O)c1ccc(Cl)o1. The van der Waals surface area contributed by atoms with Gasteiger partial charge in [0.05, 0.1) is 6.42 Å². The van der Waals surface area contributed by atoms with Gasteiger partial charge < -0.3 is 14.8 Å². The van der Waals surface area contributed by atoms with Crippen LogP contribution < -0.4 is 5.32 Å². The van der Waals surface area contributed by atoms with E-state index in [0.717, 1.165) is 5.56 Å². The number of carbonyl (C=O) groups is 2. The fourth-order valence-electron chi connectivity index (χ4n) is 1.76. The molecule has 2 N–H and O–H groups in total. The van der Waals surface area contributed by atoms with Crippen LogP contribution in [0.15, 0.2) is 40.8 Å². The highest BCUT2D eigenvalue weighted by atomic mass is 35.5. The molecule has 0 aliphatic carbocycles. The minimum atomic E-state index is -0.915. The Labute approximate surface area is 120 Å². The van der Waals surface area contributed by atoms with Crippen LogP contribution in [-0.2, 0) is 17.8 Å². The lowest BCUT2D eigenvalue weighted by atomic mass is 10.0. The van der Waals surface area contributed by atoms with Crippen molar-refractivity contribution in [3.63, 3.8) is 0 Å². The number of amides is 1. The number of hydrogen-bond acceptors (Lipinski definition) is 3. The molecule has 1 aromatic heterocycles. The number of hydrogen-bond donors (Lipinski definition) is 2. The third-order valence-corrected chi connectivity index (χ3v) is 2.90. The zero-order chi connectivity index (χ0) is 14.5. The molecule has 1 amide bonds. The fourth-order valence-corrected chi connectivity index (χ4v) is 1.91. The Morgan fingerprint density at radius 3 is 2.45 bits per heavy atom. The maximum absolute atomic E-state index is 11.8. The number of benzene rings is 1. The molecule has 0 aliphatic rings. The molecule has 0 radical (unpaired) electrons. The average Bonchev–Trinajstić information content (AvgIpc) is 2.83. The maximum Gasteiger partial charge on any atom is 0.307 e. The summed E-state index contributed by atoms with van der Waals surface area (Å²) in [4.78, 5) is 22.6. The summed E-state index contributed by atoms with van der Waals surface area (Å²) in [6, 6.07) is 10.00. The monoisotopic (exact) mass is 293 g/mol. The predicted octanol–water partition coefficient (Wildman–Crippen LogP) is 2.49. The Kier molecular flexibility index (Phi) is 4.42. The second kappa shape index (κ2) is 6.25. The van der Waals surface area contributed by atoms with Gasteiger partial charge in [0.1, 0.15) is 0 Å². The highest BCUT2D eigenvalue weighted by Gasteiger charge is 2.11. The second-order valence-corrected chi connectivity index (χ2v) is 4.50. The minimum Gasteiger partial charge on any atom is -0.481 e. The van der Waals surface area contributed by atoms with Crippen molar-refractivity contribution in [2.24, 2.45) is 0 Å². The van der Waals surface area contributed by atoms with Crippen molar-refractivity contribution in [1.29, 1.82) is 0 Å². The van der Waals surface area contributed by atoms with Gasteiger partial charge in [-0.15, -0.1) is 0 Å². The van der Waals surface area contributed by atoms with Crippen LogP contribution in [0.3, 0.4) is 0 Å². The number of nitrogens with one attached hydrogen (secondary N) is 1. The molecule has 5 nitrogen and oxygen atoms in total. The van der Waals surface area contributed by atoms with Crippen molar-refractivity contribution >= 4 is 23.5 Å². The maximum atomic E-state index is 11.8. The first kappa shape index (κ1) is 14.1. The topological polar surface area (TPSA) is 79.5 Å². The third kappa shape index (κ3) is 3.61. The van der Waals surface area contributed by atoms with E-state index in [4.69, 9.17) is 21.1 Å². The Morgan fingerprint density at radius 1 is 1.15 bits per heavy atom. The number of aliphatic carboxylic acids is 1. The van der Waals surface area contributed by atoms with E-state index in [0.29, 0.717) is 5.56 Å². The lowest BCUT2D eigenvalue weighted by Crippen LogP contribution is -2.23. The van der Waals surface area contributed by atoms with Gasteiger partial charge in [-0.05, 0) is 34.9 Å². The number of carbonyl (C=O) groups excluding carboxylic acids is 1. The van der Waals surface area contributed by atoms with Gasteiger partial charge in [0.15, 0.2) is 11.0 Å². The van der Waals surface area contributed by atoms with Crippen molar-refractivity contribution in [3.05, 3.63) is 58.5 Å². The molecule has 0 fully saturated rings. The standard InChI is InChI=1S/C14H12ClNO4/c15-12-6-5-11(20-12)14(19)16-8-10-4-2-1-3-9(10)7-13(17)18/h1-6H,7-8H2,(H,16,19)(H,17,18). The third-order valence-electron chi connectivity index (χ3n) is 2.70. The molecule has 0 unspecified atom stereocenters. The molecule has 20 heavy (non-hydrogen) atoms. The molecule has 0 atom stereocenters. The van der Waals surface area contributed by atoms with Gasteiger partial charge in [0.2, 0.25) is 0 Å². The lowest BCUT2D eigenvalue weighted by molar-refractivity contribution is -0.136. The first-order chi connectivity index (χ1) is 9.56. The van der Waals surface area contributed by atoms with Crippen LogP contribution in [0, 0.1) is 0 Å². The first-order valence-corrected chi connectivity index (χ1v) is 6.26. The molecular formula is C14H12ClNO4. The Morgan fingerprint density at radius 2 is 1.85 bits per heavy atom. The predicted molar refractivity (Wildman–Crippen MR) is 72.7 cm³/mol. The van der Waals surface area contributed by atoms with Crippen LogP contribution in [0.2, 0.25) is 5.22 Å². The fraction of sp³-hybridized carbons (Fsp3) is 0.143. The summed E-state index contributed by atoms with van der Waals surface area (Å²) in [6.07, 6.45) is -0.0847. The highest BCUT2D eigenvalue weighted by Crippen LogP contribution is 2.14. The summed E-state index contributed by atoms with van der Waals surface area (Å²) < 4.78 is 4.99. The molecule has 6 heteroatoms. The van der Waals surface area contributed by atoms with E-state index < -0.39 is 11.9 Å². The van der Waals surface area contributed by atoms with Gasteiger partial charge in [-0.3, -0.25) is 9.59 Å². The summed E-state index contributed by atoms with van der Waals surface area (Å²) in [5, 5.41) is 11.6. The Hall–Kier alpha value is -2.27. The number of furan rings is 1. The number of halogens is 1. The van der Waals surface area contributed by atoms with Gasteiger partial charge in [-0.2, -0.15) is 0 Å². The molecule has 2 aromatic rings. The van der Waals surface area contributed by atoms with Crippen LogP contribution in [0.1, 0.15) is 21.7 Å². The van der Waals surface area contributed by atoms with E-state index in [-0.39, 0.29) is 23.9 Å². The molecule has 0 spiro atoms. The molecule has 0 bridgehead atoms. The smallest absolute Gasteiger partial charge is 0.307 e. The molecule has 0 saturated heterocycles. The van der Waals surface area contributed by atoms with Crippen LogP contribution in [0.25, 0.3) is 0 Å². The van der Waals surface area contributed by atoms with E-state index >= 15 is 0 Å². The molecule has 2 rings (SSSR count). The molecule has 104 valence electrons. The molecular weight excluding hydrogens is 282 g/mol. The van der Waals surface area contributed by atoms with E-state index in [9.17, 15) is 9.59 Å². The second-order valence-electron chi connectivity index (χ2n) is 4.13. The van der Waals surface area contributed by atoms with Gasteiger partial charge >= 0.3 is 5.97 Å². The molecule has 0 aliphatic heterocycles. The van der Waals surface area contributed by atoms with Crippen LogP contribution in [-0.4, -0.2) is 17.0 Å². The average molecular weight is 294 g/mol. The van der Waals surface area contributed by atoms with Crippen molar-refractivity contribution in [2.45, 2.75) is 13.0 Å². The van der Waals surface area contributed by atoms with Crippen molar-refractivity contribution < 1.29 is 19.1 Å². The Balaban J connectivity index is 2.03. The van der Waals surface area contributed by atoms with Crippen molar-refractivity contribution in [2.75, 3.05) is 0 Å². The van der Waals surface area contributed by atoms with Gasteiger partial charge in [0.25, 0.3) is 5.91 Å². The summed E-state index contributed by atoms with van der Waals surface area (Å²) >= 11 is 5.59. The molecule has 1 heterocycles. The largest absolute Gasteiger partial charge is 0.481 e. The summed E-state index contributed by atoms with van der Waals surface area (Å²) in [6.45, 7) is 0.223. The normalized spacial score (nSPS) is 10.2. The highest BCUT2D eigenvalue weighted by molar-refractivity contribution is 6.29. The van der Waals surface area contributed by atoms with Crippen molar-refractivity contribution in [3.8, 4) is 0 Å². The van der Waals surface area contributed by atoms with Gasteiger partial charge in [0, 0.05) is 6.54 Å². The van der Waals surface area contributed by atoms with Crippen LogP contribution in [0.5, 0.6) is 0 Å². The van der Waals surface area contributed by atoms with E-state index in [1.165, 1.54) is 12.1 Å². The van der Waals surface area contributed by atoms with E-state index in [2.05, 4.69) is 5.32 Å². The number of carboxylic acid groups (broad SMARTS) is 1. The zero-order valence-corrected chi connectivity index (χ0v) is 11.2. The first-order valence-electron chi connectivity index (χ1n) is 5.88. The minimum absolute atomic E-state index is 0.0847. The van der Waals surface area contributed by atoms with E-state index in [1.807, 2.05) is 0 Å². The summed E-state index contributed by atoms with van der Waals surface area (Å²) in [7, 11) is 0. The number of rotatable bonds is 5. The summed E-state index contributed by atoms with van der Waals surface area (Å²) in [5.74, 6) is -1.20. The van der Waals surface area contributed by atoms with E-state index in [1.54, 1.807) is 24.3 Å².